The molecule has 32 heavy (non-hydrogen) atoms. The van der Waals surface area contributed by atoms with Crippen LogP contribution in [0.4, 0.5) is 0 Å². The first kappa shape index (κ1) is 21.8. The molecule has 8 nitrogen and oxygen atoms in total. The van der Waals surface area contributed by atoms with Crippen molar-refractivity contribution in [3.63, 3.8) is 0 Å². The Labute approximate surface area is 187 Å². The summed E-state index contributed by atoms with van der Waals surface area (Å²) < 4.78 is 16.1. The predicted molar refractivity (Wildman–Crippen MR) is 119 cm³/mol. The van der Waals surface area contributed by atoms with E-state index >= 15 is 0 Å². The van der Waals surface area contributed by atoms with E-state index in [-0.39, 0.29) is 11.8 Å². The van der Waals surface area contributed by atoms with Gasteiger partial charge in [0.25, 0.3) is 0 Å². The molecule has 0 saturated carbocycles. The average Bonchev–Trinajstić information content (AvgIpc) is 3.25. The molecular weight excluding hydrogens is 408 g/mol. The van der Waals surface area contributed by atoms with Gasteiger partial charge < -0.3 is 18.9 Å². The molecule has 0 radical (unpaired) electrons. The molecule has 1 amide bonds. The fraction of sp³-hybridized carbons (Fsp3) is 0.417. The van der Waals surface area contributed by atoms with Gasteiger partial charge >= 0.3 is 0 Å². The number of aromatic nitrogens is 3. The highest BCUT2D eigenvalue weighted by molar-refractivity contribution is 5.79. The summed E-state index contributed by atoms with van der Waals surface area (Å²) in [4.78, 5) is 23.9. The van der Waals surface area contributed by atoms with Crippen LogP contribution in [-0.4, -0.2) is 53.2 Å². The topological polar surface area (TPSA) is 90.6 Å². The van der Waals surface area contributed by atoms with Crippen LogP contribution in [0.15, 0.2) is 35.0 Å². The Kier molecular flexibility index (Phi) is 6.39. The van der Waals surface area contributed by atoms with Crippen LogP contribution < -0.4 is 9.47 Å². The standard InChI is InChI=1S/C24H28N4O4/c1-15-11-21(32-27-15)19-14-25-16(2)26-24(19)18-7-9-28(10-8-18)23(29)13-17-5-6-20(30-3)22(12-17)31-4/h5-6,11-12,14,18H,7-10,13H2,1-4H3. The summed E-state index contributed by atoms with van der Waals surface area (Å²) in [6.07, 6.45) is 3.83. The van der Waals surface area contributed by atoms with Crippen molar-refractivity contribution >= 4 is 5.91 Å². The van der Waals surface area contributed by atoms with Gasteiger partial charge in [0.2, 0.25) is 5.91 Å². The van der Waals surface area contributed by atoms with Gasteiger partial charge in [0.05, 0.1) is 37.6 Å². The van der Waals surface area contributed by atoms with E-state index in [0.29, 0.717) is 36.8 Å². The fourth-order valence-corrected chi connectivity index (χ4v) is 4.16. The third kappa shape index (κ3) is 4.59. The van der Waals surface area contributed by atoms with E-state index in [1.165, 1.54) is 0 Å². The van der Waals surface area contributed by atoms with Crippen LogP contribution in [-0.2, 0) is 11.2 Å². The Balaban J connectivity index is 1.44. The molecule has 8 heteroatoms. The van der Waals surface area contributed by atoms with E-state index in [2.05, 4.69) is 10.1 Å². The van der Waals surface area contributed by atoms with E-state index in [1.807, 2.05) is 49.2 Å². The van der Waals surface area contributed by atoms with Crippen molar-refractivity contribution in [2.75, 3.05) is 27.3 Å². The van der Waals surface area contributed by atoms with Gasteiger partial charge in [-0.05, 0) is 44.4 Å². The van der Waals surface area contributed by atoms with E-state index in [4.69, 9.17) is 19.0 Å². The van der Waals surface area contributed by atoms with Gasteiger partial charge in [0, 0.05) is 31.3 Å². The molecule has 1 saturated heterocycles. The van der Waals surface area contributed by atoms with Crippen LogP contribution in [0, 0.1) is 13.8 Å². The molecule has 1 aliphatic heterocycles. The molecule has 1 fully saturated rings. The van der Waals surface area contributed by atoms with Gasteiger partial charge in [0.15, 0.2) is 17.3 Å². The summed E-state index contributed by atoms with van der Waals surface area (Å²) in [5.41, 5.74) is 3.58. The smallest absolute Gasteiger partial charge is 0.226 e. The van der Waals surface area contributed by atoms with Crippen LogP contribution in [0.3, 0.4) is 0 Å². The third-order valence-electron chi connectivity index (χ3n) is 5.87. The monoisotopic (exact) mass is 436 g/mol. The summed E-state index contributed by atoms with van der Waals surface area (Å²) in [5.74, 6) is 3.05. The number of hydrogen-bond acceptors (Lipinski definition) is 7. The first-order valence-corrected chi connectivity index (χ1v) is 10.7. The molecule has 1 aromatic carbocycles. The Morgan fingerprint density at radius 2 is 1.88 bits per heavy atom. The molecule has 168 valence electrons. The molecule has 0 spiro atoms. The van der Waals surface area contributed by atoms with Crippen molar-refractivity contribution in [2.45, 2.75) is 39.0 Å². The van der Waals surface area contributed by atoms with Crippen molar-refractivity contribution in [1.82, 2.24) is 20.0 Å². The molecule has 1 aliphatic rings. The maximum absolute atomic E-state index is 12.9. The normalized spacial score (nSPS) is 14.4. The van der Waals surface area contributed by atoms with Crippen LogP contribution >= 0.6 is 0 Å². The van der Waals surface area contributed by atoms with Gasteiger partial charge in [-0.15, -0.1) is 0 Å². The maximum Gasteiger partial charge on any atom is 0.226 e. The van der Waals surface area contributed by atoms with E-state index in [0.717, 1.165) is 41.2 Å². The lowest BCUT2D eigenvalue weighted by molar-refractivity contribution is -0.131. The number of benzene rings is 1. The number of likely N-dealkylation sites (tertiary alicyclic amines) is 1. The zero-order valence-electron chi connectivity index (χ0n) is 18.9. The fourth-order valence-electron chi connectivity index (χ4n) is 4.16. The Morgan fingerprint density at radius 3 is 2.53 bits per heavy atom. The van der Waals surface area contributed by atoms with Gasteiger partial charge in [0.1, 0.15) is 5.82 Å². The minimum absolute atomic E-state index is 0.112. The van der Waals surface area contributed by atoms with E-state index < -0.39 is 0 Å². The molecule has 4 rings (SSSR count). The van der Waals surface area contributed by atoms with Crippen molar-refractivity contribution in [3.8, 4) is 22.8 Å². The summed E-state index contributed by atoms with van der Waals surface area (Å²) >= 11 is 0. The second kappa shape index (κ2) is 9.38. The molecule has 0 atom stereocenters. The Morgan fingerprint density at radius 1 is 1.12 bits per heavy atom. The lowest BCUT2D eigenvalue weighted by Crippen LogP contribution is -2.39. The van der Waals surface area contributed by atoms with Gasteiger partial charge in [-0.1, -0.05) is 11.2 Å². The summed E-state index contributed by atoms with van der Waals surface area (Å²) in [6, 6.07) is 7.50. The number of carbonyl (C=O) groups is 1. The molecule has 0 unspecified atom stereocenters. The highest BCUT2D eigenvalue weighted by Gasteiger charge is 2.28. The van der Waals surface area contributed by atoms with Crippen LogP contribution in [0.1, 0.15) is 41.5 Å². The maximum atomic E-state index is 12.9. The van der Waals surface area contributed by atoms with Crippen molar-refractivity contribution < 1.29 is 18.8 Å². The molecule has 0 bridgehead atoms. The first-order chi connectivity index (χ1) is 15.5. The summed E-state index contributed by atoms with van der Waals surface area (Å²) in [5, 5.41) is 4.00. The number of methoxy groups -OCH3 is 2. The molecule has 2 aromatic heterocycles. The highest BCUT2D eigenvalue weighted by Crippen LogP contribution is 2.34. The van der Waals surface area contributed by atoms with Crippen LogP contribution in [0.2, 0.25) is 0 Å². The largest absolute Gasteiger partial charge is 0.493 e. The van der Waals surface area contributed by atoms with Crippen molar-refractivity contribution in [3.05, 3.63) is 53.2 Å². The summed E-state index contributed by atoms with van der Waals surface area (Å²) in [7, 11) is 3.19. The van der Waals surface area contributed by atoms with E-state index in [1.54, 1.807) is 14.2 Å². The number of ether oxygens (including phenoxy) is 2. The predicted octanol–water partition coefficient (Wildman–Crippen LogP) is 3.71. The van der Waals surface area contributed by atoms with E-state index in [9.17, 15) is 4.79 Å². The van der Waals surface area contributed by atoms with Gasteiger partial charge in [-0.2, -0.15) is 0 Å². The number of carbonyl (C=O) groups excluding carboxylic acids is 1. The third-order valence-corrected chi connectivity index (χ3v) is 5.87. The number of amides is 1. The van der Waals surface area contributed by atoms with Crippen LogP contribution in [0.25, 0.3) is 11.3 Å². The average molecular weight is 437 g/mol. The number of nitrogens with zero attached hydrogens (tertiary/aromatic N) is 4. The molecule has 0 aliphatic carbocycles. The quantitative estimate of drug-likeness (QED) is 0.582. The SMILES string of the molecule is COc1ccc(CC(=O)N2CCC(c3nc(C)ncc3-c3cc(C)no3)CC2)cc1OC. The molecule has 3 heterocycles. The van der Waals surface area contributed by atoms with Crippen molar-refractivity contribution in [2.24, 2.45) is 0 Å². The Hall–Kier alpha value is -3.42. The molecule has 0 N–H and O–H groups in total. The highest BCUT2D eigenvalue weighted by atomic mass is 16.5. The summed E-state index contributed by atoms with van der Waals surface area (Å²) in [6.45, 7) is 5.16. The first-order valence-electron chi connectivity index (χ1n) is 10.7. The number of rotatable bonds is 6. The van der Waals surface area contributed by atoms with Crippen molar-refractivity contribution in [1.29, 1.82) is 0 Å². The molecular formula is C24H28N4O4. The second-order valence-electron chi connectivity index (χ2n) is 8.07. The minimum Gasteiger partial charge on any atom is -0.493 e. The Bertz CT molecular complexity index is 1100. The number of aryl methyl sites for hydroxylation is 2. The van der Waals surface area contributed by atoms with Crippen LogP contribution in [0.5, 0.6) is 11.5 Å². The van der Waals surface area contributed by atoms with Gasteiger partial charge in [-0.25, -0.2) is 9.97 Å². The lowest BCUT2D eigenvalue weighted by atomic mass is 9.90. The zero-order chi connectivity index (χ0) is 22.7. The zero-order valence-corrected chi connectivity index (χ0v) is 18.9. The lowest BCUT2D eigenvalue weighted by Gasteiger charge is -2.32. The minimum atomic E-state index is 0.112. The van der Waals surface area contributed by atoms with Gasteiger partial charge in [-0.3, -0.25) is 4.79 Å². The number of hydrogen-bond donors (Lipinski definition) is 0. The number of piperidine rings is 1. The second-order valence-corrected chi connectivity index (χ2v) is 8.07. The molecule has 3 aromatic rings.